The molecule has 0 bridgehead atoms. The molecular formula is C15H20ClNO. The van der Waals surface area contributed by atoms with Gasteiger partial charge in [-0.25, -0.2) is 0 Å². The molecule has 0 radical (unpaired) electrons. The number of alkyl halides is 1. The SMILES string of the molecule is O=Cc1ccc(CC(CCl)N2CCCCC2)cc1. The van der Waals surface area contributed by atoms with Crippen LogP contribution in [0.25, 0.3) is 0 Å². The third-order valence-corrected chi connectivity index (χ3v) is 4.03. The van der Waals surface area contributed by atoms with Gasteiger partial charge >= 0.3 is 0 Å². The lowest BCUT2D eigenvalue weighted by Gasteiger charge is -2.33. The first-order chi connectivity index (χ1) is 8.83. The van der Waals surface area contributed by atoms with E-state index in [2.05, 4.69) is 4.90 Å². The predicted molar refractivity (Wildman–Crippen MR) is 75.5 cm³/mol. The summed E-state index contributed by atoms with van der Waals surface area (Å²) in [6.45, 7) is 2.34. The predicted octanol–water partition coefficient (Wildman–Crippen LogP) is 3.13. The molecule has 1 aliphatic rings. The molecule has 3 heteroatoms. The third kappa shape index (κ3) is 3.56. The molecule has 0 saturated carbocycles. The smallest absolute Gasteiger partial charge is 0.150 e. The summed E-state index contributed by atoms with van der Waals surface area (Å²) in [4.78, 5) is 13.1. The zero-order chi connectivity index (χ0) is 12.8. The average molecular weight is 266 g/mol. The van der Waals surface area contributed by atoms with Crippen LogP contribution in [0.1, 0.15) is 35.2 Å². The molecule has 1 atom stereocenters. The first-order valence-electron chi connectivity index (χ1n) is 6.67. The highest BCUT2D eigenvalue weighted by Crippen LogP contribution is 2.17. The van der Waals surface area contributed by atoms with Crippen LogP contribution in [0.2, 0.25) is 0 Å². The number of piperidine rings is 1. The Hall–Kier alpha value is -0.860. The summed E-state index contributed by atoms with van der Waals surface area (Å²) in [5.74, 6) is 0.676. The van der Waals surface area contributed by atoms with Crippen molar-refractivity contribution in [1.29, 1.82) is 0 Å². The van der Waals surface area contributed by atoms with Gasteiger partial charge in [-0.15, -0.1) is 11.6 Å². The van der Waals surface area contributed by atoms with Gasteiger partial charge in [0.15, 0.2) is 0 Å². The molecule has 18 heavy (non-hydrogen) atoms. The molecule has 1 unspecified atom stereocenters. The van der Waals surface area contributed by atoms with E-state index in [1.807, 2.05) is 24.3 Å². The normalized spacial score (nSPS) is 18.5. The number of hydrogen-bond acceptors (Lipinski definition) is 2. The third-order valence-electron chi connectivity index (χ3n) is 3.67. The van der Waals surface area contributed by atoms with E-state index in [0.717, 1.165) is 18.3 Å². The summed E-state index contributed by atoms with van der Waals surface area (Å²) in [7, 11) is 0. The van der Waals surface area contributed by atoms with E-state index in [9.17, 15) is 4.79 Å². The van der Waals surface area contributed by atoms with Crippen molar-refractivity contribution in [3.05, 3.63) is 35.4 Å². The van der Waals surface area contributed by atoms with Gasteiger partial charge < -0.3 is 0 Å². The standard InChI is InChI=1S/C15H20ClNO/c16-11-15(17-8-2-1-3-9-17)10-13-4-6-14(12-18)7-5-13/h4-7,12,15H,1-3,8-11H2. The van der Waals surface area contributed by atoms with E-state index in [4.69, 9.17) is 11.6 Å². The zero-order valence-electron chi connectivity index (χ0n) is 10.6. The highest BCUT2D eigenvalue weighted by atomic mass is 35.5. The highest BCUT2D eigenvalue weighted by Gasteiger charge is 2.19. The van der Waals surface area contributed by atoms with Gasteiger partial charge in [0.2, 0.25) is 0 Å². The molecule has 1 saturated heterocycles. The maximum Gasteiger partial charge on any atom is 0.150 e. The lowest BCUT2D eigenvalue weighted by molar-refractivity contribution is 0.112. The summed E-state index contributed by atoms with van der Waals surface area (Å²) in [5, 5.41) is 0. The van der Waals surface area contributed by atoms with Crippen LogP contribution in [0.5, 0.6) is 0 Å². The number of aldehydes is 1. The highest BCUT2D eigenvalue weighted by molar-refractivity contribution is 6.18. The van der Waals surface area contributed by atoms with E-state index < -0.39 is 0 Å². The molecule has 0 spiro atoms. The van der Waals surface area contributed by atoms with Gasteiger partial charge in [0.1, 0.15) is 6.29 Å². The molecule has 98 valence electrons. The molecule has 1 heterocycles. The van der Waals surface area contributed by atoms with E-state index in [1.54, 1.807) is 0 Å². The minimum Gasteiger partial charge on any atom is -0.299 e. The van der Waals surface area contributed by atoms with Crippen molar-refractivity contribution in [2.24, 2.45) is 0 Å². The largest absolute Gasteiger partial charge is 0.299 e. The maximum absolute atomic E-state index is 10.6. The second-order valence-electron chi connectivity index (χ2n) is 4.97. The summed E-state index contributed by atoms with van der Waals surface area (Å²) in [6, 6.07) is 8.25. The molecule has 1 aromatic carbocycles. The lowest BCUT2D eigenvalue weighted by Crippen LogP contribution is -2.41. The maximum atomic E-state index is 10.6. The number of carbonyl (C=O) groups excluding carboxylic acids is 1. The van der Waals surface area contributed by atoms with E-state index >= 15 is 0 Å². The lowest BCUT2D eigenvalue weighted by atomic mass is 10.0. The fraction of sp³-hybridized carbons (Fsp3) is 0.533. The topological polar surface area (TPSA) is 20.3 Å². The van der Waals surface area contributed by atoms with Gasteiger partial charge in [0.05, 0.1) is 0 Å². The van der Waals surface area contributed by atoms with Gasteiger partial charge in [-0.1, -0.05) is 30.7 Å². The molecular weight excluding hydrogens is 246 g/mol. The summed E-state index contributed by atoms with van der Waals surface area (Å²) < 4.78 is 0. The minimum absolute atomic E-state index is 0.425. The fourth-order valence-corrected chi connectivity index (χ4v) is 2.87. The number of benzene rings is 1. The van der Waals surface area contributed by atoms with Gasteiger partial charge in [-0.2, -0.15) is 0 Å². The van der Waals surface area contributed by atoms with Crippen molar-refractivity contribution < 1.29 is 4.79 Å². The fourth-order valence-electron chi connectivity index (χ4n) is 2.57. The molecule has 0 aliphatic carbocycles. The van der Waals surface area contributed by atoms with Crippen LogP contribution in [-0.4, -0.2) is 36.2 Å². The quantitative estimate of drug-likeness (QED) is 0.602. The van der Waals surface area contributed by atoms with Crippen LogP contribution in [0, 0.1) is 0 Å². The molecule has 1 aliphatic heterocycles. The molecule has 0 aromatic heterocycles. The summed E-state index contributed by atoms with van der Waals surface area (Å²) in [6.07, 6.45) is 5.78. The first kappa shape index (κ1) is 13.6. The Bertz CT molecular complexity index is 371. The molecule has 2 rings (SSSR count). The van der Waals surface area contributed by atoms with Crippen LogP contribution in [-0.2, 0) is 6.42 Å². The number of halogens is 1. The van der Waals surface area contributed by atoms with Crippen LogP contribution >= 0.6 is 11.6 Å². The summed E-state index contributed by atoms with van der Waals surface area (Å²) in [5.41, 5.74) is 2.00. The van der Waals surface area contributed by atoms with Crippen LogP contribution < -0.4 is 0 Å². The number of likely N-dealkylation sites (tertiary alicyclic amines) is 1. The molecule has 1 aromatic rings. The molecule has 0 amide bonds. The Morgan fingerprint density at radius 2 is 1.83 bits per heavy atom. The van der Waals surface area contributed by atoms with E-state index in [0.29, 0.717) is 11.9 Å². The molecule has 2 nitrogen and oxygen atoms in total. The van der Waals surface area contributed by atoms with Gasteiger partial charge in [0.25, 0.3) is 0 Å². The molecule has 1 fully saturated rings. The Labute approximate surface area is 114 Å². The van der Waals surface area contributed by atoms with Crippen molar-refractivity contribution in [2.75, 3.05) is 19.0 Å². The van der Waals surface area contributed by atoms with Gasteiger partial charge in [0, 0.05) is 17.5 Å². The monoisotopic (exact) mass is 265 g/mol. The first-order valence-corrected chi connectivity index (χ1v) is 7.21. The zero-order valence-corrected chi connectivity index (χ0v) is 11.4. The van der Waals surface area contributed by atoms with Crippen molar-refractivity contribution >= 4 is 17.9 Å². The van der Waals surface area contributed by atoms with Crippen molar-refractivity contribution in [2.45, 2.75) is 31.7 Å². The number of rotatable bonds is 5. The Kier molecular flexibility index (Phi) is 5.21. The van der Waals surface area contributed by atoms with Crippen LogP contribution in [0.15, 0.2) is 24.3 Å². The second-order valence-corrected chi connectivity index (χ2v) is 5.28. The van der Waals surface area contributed by atoms with Crippen LogP contribution in [0.4, 0.5) is 0 Å². The Morgan fingerprint density at radius 1 is 1.17 bits per heavy atom. The van der Waals surface area contributed by atoms with Gasteiger partial charge in [-0.05, 0) is 37.9 Å². The molecule has 0 N–H and O–H groups in total. The van der Waals surface area contributed by atoms with Crippen molar-refractivity contribution in [1.82, 2.24) is 4.90 Å². The Balaban J connectivity index is 1.97. The van der Waals surface area contributed by atoms with Gasteiger partial charge in [-0.3, -0.25) is 9.69 Å². The Morgan fingerprint density at radius 3 is 2.39 bits per heavy atom. The second kappa shape index (κ2) is 6.91. The number of carbonyl (C=O) groups is 1. The number of nitrogens with zero attached hydrogens (tertiary/aromatic N) is 1. The van der Waals surface area contributed by atoms with E-state index in [-0.39, 0.29) is 0 Å². The van der Waals surface area contributed by atoms with Crippen LogP contribution in [0.3, 0.4) is 0 Å². The van der Waals surface area contributed by atoms with Crippen molar-refractivity contribution in [3.8, 4) is 0 Å². The number of hydrogen-bond donors (Lipinski definition) is 0. The average Bonchev–Trinajstić information content (AvgIpc) is 2.46. The minimum atomic E-state index is 0.425. The van der Waals surface area contributed by atoms with Crippen molar-refractivity contribution in [3.63, 3.8) is 0 Å². The van der Waals surface area contributed by atoms with E-state index in [1.165, 1.54) is 37.9 Å². The summed E-state index contributed by atoms with van der Waals surface area (Å²) >= 11 is 6.11.